The zero-order valence-corrected chi connectivity index (χ0v) is 11.0. The van der Waals surface area contributed by atoms with Gasteiger partial charge >= 0.3 is 5.97 Å². The molecule has 0 amide bonds. The summed E-state index contributed by atoms with van der Waals surface area (Å²) in [6.07, 6.45) is -0.508. The Balaban J connectivity index is 2.26. The number of morpholine rings is 1. The van der Waals surface area contributed by atoms with Crippen molar-refractivity contribution in [1.29, 1.82) is 0 Å². The van der Waals surface area contributed by atoms with Gasteiger partial charge in [-0.2, -0.15) is 0 Å². The van der Waals surface area contributed by atoms with Crippen molar-refractivity contribution in [1.82, 2.24) is 4.90 Å². The van der Waals surface area contributed by atoms with Crippen LogP contribution in [0.1, 0.15) is 12.5 Å². The van der Waals surface area contributed by atoms with Gasteiger partial charge in [0.1, 0.15) is 17.7 Å². The summed E-state index contributed by atoms with van der Waals surface area (Å²) in [4.78, 5) is 12.9. The zero-order chi connectivity index (χ0) is 14.9. The molecule has 1 fully saturated rings. The molecule has 0 radical (unpaired) electrons. The molecule has 20 heavy (non-hydrogen) atoms. The number of nitrogen functional groups attached to an aromatic ring is 1. The normalized spacial score (nSPS) is 23.8. The molecule has 1 aromatic carbocycles. The van der Waals surface area contributed by atoms with Crippen LogP contribution in [0.3, 0.4) is 0 Å². The standard InChI is InChI=1S/C13H16F2N2O3/c1-7-12(13(18)19)17(2-3-20-7)6-9-10(15)4-8(14)5-11(9)16/h4-5,7,12H,2-3,6,16H2,1H3,(H,18,19)/t7-,12+/m0/s1. The van der Waals surface area contributed by atoms with Crippen molar-refractivity contribution in [2.45, 2.75) is 25.6 Å². The highest BCUT2D eigenvalue weighted by molar-refractivity contribution is 5.74. The van der Waals surface area contributed by atoms with Crippen LogP contribution in [0.2, 0.25) is 0 Å². The fourth-order valence-corrected chi connectivity index (χ4v) is 2.41. The van der Waals surface area contributed by atoms with E-state index in [2.05, 4.69) is 0 Å². The van der Waals surface area contributed by atoms with Gasteiger partial charge in [0.15, 0.2) is 0 Å². The molecule has 1 saturated heterocycles. The lowest BCUT2D eigenvalue weighted by Crippen LogP contribution is -2.53. The summed E-state index contributed by atoms with van der Waals surface area (Å²) in [6, 6.07) is 0.885. The summed E-state index contributed by atoms with van der Waals surface area (Å²) < 4.78 is 32.1. The van der Waals surface area contributed by atoms with Crippen LogP contribution >= 0.6 is 0 Å². The Morgan fingerprint density at radius 1 is 1.55 bits per heavy atom. The maximum absolute atomic E-state index is 13.8. The second kappa shape index (κ2) is 5.72. The molecular weight excluding hydrogens is 270 g/mol. The smallest absolute Gasteiger partial charge is 0.323 e. The van der Waals surface area contributed by atoms with Crippen LogP contribution in [0.4, 0.5) is 14.5 Å². The first-order valence-corrected chi connectivity index (χ1v) is 6.22. The van der Waals surface area contributed by atoms with Gasteiger partial charge in [-0.15, -0.1) is 0 Å². The Kier molecular flexibility index (Phi) is 4.20. The molecule has 1 aliphatic rings. The molecule has 3 N–H and O–H groups in total. The molecule has 5 nitrogen and oxygen atoms in total. The second-order valence-corrected chi connectivity index (χ2v) is 4.78. The van der Waals surface area contributed by atoms with Gasteiger partial charge in [-0.3, -0.25) is 9.69 Å². The van der Waals surface area contributed by atoms with E-state index in [4.69, 9.17) is 10.5 Å². The maximum Gasteiger partial charge on any atom is 0.323 e. The van der Waals surface area contributed by atoms with E-state index in [1.807, 2.05) is 0 Å². The molecule has 0 saturated carbocycles. The summed E-state index contributed by atoms with van der Waals surface area (Å²) in [7, 11) is 0. The summed E-state index contributed by atoms with van der Waals surface area (Å²) >= 11 is 0. The molecule has 0 bridgehead atoms. The number of aliphatic carboxylic acids is 1. The summed E-state index contributed by atoms with van der Waals surface area (Å²) in [6.45, 7) is 2.35. The van der Waals surface area contributed by atoms with Crippen LogP contribution < -0.4 is 5.73 Å². The van der Waals surface area contributed by atoms with Gasteiger partial charge in [0, 0.05) is 30.4 Å². The first-order valence-electron chi connectivity index (χ1n) is 6.22. The quantitative estimate of drug-likeness (QED) is 0.817. The summed E-state index contributed by atoms with van der Waals surface area (Å²) in [5, 5.41) is 9.23. The number of anilines is 1. The molecule has 110 valence electrons. The number of nitrogens with two attached hydrogens (primary N) is 1. The average molecular weight is 286 g/mol. The molecule has 2 rings (SSSR count). The van der Waals surface area contributed by atoms with Gasteiger partial charge in [0.2, 0.25) is 0 Å². The first-order chi connectivity index (χ1) is 9.40. The number of carboxylic acid groups (broad SMARTS) is 1. The third kappa shape index (κ3) is 2.88. The SMILES string of the molecule is C[C@@H]1OCCN(Cc2c(N)cc(F)cc2F)[C@H]1C(=O)O. The summed E-state index contributed by atoms with van der Waals surface area (Å²) in [5.74, 6) is -2.57. The number of carboxylic acids is 1. The van der Waals surface area contributed by atoms with Crippen molar-refractivity contribution >= 4 is 11.7 Å². The Morgan fingerprint density at radius 3 is 2.85 bits per heavy atom. The van der Waals surface area contributed by atoms with Gasteiger partial charge in [0.05, 0.1) is 12.7 Å². The molecule has 0 aliphatic carbocycles. The number of hydrogen-bond acceptors (Lipinski definition) is 4. The van der Waals surface area contributed by atoms with Crippen LogP contribution in [0, 0.1) is 11.6 Å². The lowest BCUT2D eigenvalue weighted by Gasteiger charge is -2.37. The topological polar surface area (TPSA) is 75.8 Å². The Labute approximate surface area is 114 Å². The number of nitrogens with zero attached hydrogens (tertiary/aromatic N) is 1. The van der Waals surface area contributed by atoms with E-state index in [1.165, 1.54) is 0 Å². The van der Waals surface area contributed by atoms with E-state index in [-0.39, 0.29) is 17.8 Å². The van der Waals surface area contributed by atoms with Crippen LogP contribution in [0.15, 0.2) is 12.1 Å². The van der Waals surface area contributed by atoms with Crippen molar-refractivity contribution in [2.75, 3.05) is 18.9 Å². The fourth-order valence-electron chi connectivity index (χ4n) is 2.41. The second-order valence-electron chi connectivity index (χ2n) is 4.78. The number of ether oxygens (including phenoxy) is 1. The Bertz CT molecular complexity index is 501. The van der Waals surface area contributed by atoms with E-state index in [0.29, 0.717) is 13.2 Å². The third-order valence-electron chi connectivity index (χ3n) is 3.41. The minimum absolute atomic E-state index is 0.00259. The highest BCUT2D eigenvalue weighted by atomic mass is 19.1. The molecule has 1 aromatic rings. The van der Waals surface area contributed by atoms with E-state index < -0.39 is 29.7 Å². The monoisotopic (exact) mass is 286 g/mol. The highest BCUT2D eigenvalue weighted by Crippen LogP contribution is 2.23. The van der Waals surface area contributed by atoms with Crippen molar-refractivity contribution in [3.63, 3.8) is 0 Å². The number of rotatable bonds is 3. The molecule has 0 spiro atoms. The van der Waals surface area contributed by atoms with Crippen molar-refractivity contribution in [2.24, 2.45) is 0 Å². The van der Waals surface area contributed by atoms with Crippen LogP contribution in [-0.2, 0) is 16.1 Å². The predicted octanol–water partition coefficient (Wildman–Crippen LogP) is 1.22. The molecule has 0 aromatic heterocycles. The number of halogens is 2. The number of benzene rings is 1. The fraction of sp³-hybridized carbons (Fsp3) is 0.462. The number of hydrogen-bond donors (Lipinski definition) is 2. The molecule has 2 atom stereocenters. The Morgan fingerprint density at radius 2 is 2.25 bits per heavy atom. The molecule has 1 heterocycles. The largest absolute Gasteiger partial charge is 0.480 e. The van der Waals surface area contributed by atoms with E-state index in [1.54, 1.807) is 11.8 Å². The Hall–Kier alpha value is -1.73. The van der Waals surface area contributed by atoms with Crippen LogP contribution in [0.25, 0.3) is 0 Å². The highest BCUT2D eigenvalue weighted by Gasteiger charge is 2.35. The van der Waals surface area contributed by atoms with E-state index in [0.717, 1.165) is 12.1 Å². The van der Waals surface area contributed by atoms with Gasteiger partial charge in [0.25, 0.3) is 0 Å². The van der Waals surface area contributed by atoms with Crippen LogP contribution in [-0.4, -0.2) is 41.3 Å². The van der Waals surface area contributed by atoms with Crippen LogP contribution in [0.5, 0.6) is 0 Å². The molecule has 1 aliphatic heterocycles. The lowest BCUT2D eigenvalue weighted by atomic mass is 10.1. The van der Waals surface area contributed by atoms with E-state index in [9.17, 15) is 18.7 Å². The first kappa shape index (κ1) is 14.7. The lowest BCUT2D eigenvalue weighted by molar-refractivity contribution is -0.156. The van der Waals surface area contributed by atoms with Crippen molar-refractivity contribution in [3.8, 4) is 0 Å². The zero-order valence-electron chi connectivity index (χ0n) is 11.0. The summed E-state index contributed by atoms with van der Waals surface area (Å²) in [5.41, 5.74) is 5.69. The minimum Gasteiger partial charge on any atom is -0.480 e. The number of carbonyl (C=O) groups is 1. The predicted molar refractivity (Wildman–Crippen MR) is 68.0 cm³/mol. The van der Waals surface area contributed by atoms with Gasteiger partial charge in [-0.05, 0) is 13.0 Å². The van der Waals surface area contributed by atoms with Gasteiger partial charge < -0.3 is 15.6 Å². The average Bonchev–Trinajstić information content (AvgIpc) is 2.33. The van der Waals surface area contributed by atoms with Crippen molar-refractivity contribution in [3.05, 3.63) is 29.3 Å². The van der Waals surface area contributed by atoms with E-state index >= 15 is 0 Å². The molecule has 7 heteroatoms. The minimum atomic E-state index is -1.04. The van der Waals surface area contributed by atoms with Gasteiger partial charge in [-0.1, -0.05) is 0 Å². The molecular formula is C13H16F2N2O3. The van der Waals surface area contributed by atoms with Crippen molar-refractivity contribution < 1.29 is 23.4 Å². The third-order valence-corrected chi connectivity index (χ3v) is 3.41. The molecule has 0 unspecified atom stereocenters. The van der Waals surface area contributed by atoms with Gasteiger partial charge in [-0.25, -0.2) is 8.78 Å². The maximum atomic E-state index is 13.8.